The standard InChI is InChI=1S/C17H19NO4S/c1-21-15-10-12(17(19)20)2-3-14(15)22-8-7-18-6-4-16-13(11-18)5-9-23-16/h2-3,5,9-10H,4,6-8,11H2,1H3,(H,19,20). The lowest BCUT2D eigenvalue weighted by molar-refractivity contribution is 0.0696. The molecule has 23 heavy (non-hydrogen) atoms. The van der Waals surface area contributed by atoms with Crippen LogP contribution >= 0.6 is 11.3 Å². The van der Waals surface area contributed by atoms with Crippen LogP contribution in [0.3, 0.4) is 0 Å². The first-order valence-electron chi connectivity index (χ1n) is 7.49. The third kappa shape index (κ3) is 3.65. The van der Waals surface area contributed by atoms with Gasteiger partial charge in [-0.15, -0.1) is 11.3 Å². The normalized spacial score (nSPS) is 14.3. The molecule has 0 saturated heterocycles. The molecular weight excluding hydrogens is 314 g/mol. The second kappa shape index (κ2) is 7.02. The van der Waals surface area contributed by atoms with Gasteiger partial charge in [0.25, 0.3) is 0 Å². The van der Waals surface area contributed by atoms with Gasteiger partial charge < -0.3 is 14.6 Å². The van der Waals surface area contributed by atoms with Crippen LogP contribution in [0.4, 0.5) is 0 Å². The molecule has 0 bridgehead atoms. The van der Waals surface area contributed by atoms with Crippen LogP contribution in [0.15, 0.2) is 29.6 Å². The zero-order valence-corrected chi connectivity index (χ0v) is 13.8. The van der Waals surface area contributed by atoms with Crippen LogP contribution in [0, 0.1) is 0 Å². The van der Waals surface area contributed by atoms with Crippen LogP contribution in [0.1, 0.15) is 20.8 Å². The van der Waals surface area contributed by atoms with Gasteiger partial charge in [0.05, 0.1) is 12.7 Å². The highest BCUT2D eigenvalue weighted by Crippen LogP contribution is 2.28. The van der Waals surface area contributed by atoms with Crippen molar-refractivity contribution in [2.45, 2.75) is 13.0 Å². The number of fused-ring (bicyclic) bond motifs is 1. The van der Waals surface area contributed by atoms with Gasteiger partial charge >= 0.3 is 5.97 Å². The predicted molar refractivity (Wildman–Crippen MR) is 88.7 cm³/mol. The first-order chi connectivity index (χ1) is 11.2. The summed E-state index contributed by atoms with van der Waals surface area (Å²) in [5.41, 5.74) is 1.61. The summed E-state index contributed by atoms with van der Waals surface area (Å²) < 4.78 is 11.0. The maximum Gasteiger partial charge on any atom is 0.335 e. The van der Waals surface area contributed by atoms with Gasteiger partial charge in [-0.1, -0.05) is 0 Å². The Balaban J connectivity index is 1.56. The largest absolute Gasteiger partial charge is 0.493 e. The highest BCUT2D eigenvalue weighted by Gasteiger charge is 2.17. The quantitative estimate of drug-likeness (QED) is 0.881. The van der Waals surface area contributed by atoms with Gasteiger partial charge in [0.2, 0.25) is 0 Å². The van der Waals surface area contributed by atoms with Crippen molar-refractivity contribution in [3.05, 3.63) is 45.6 Å². The Hall–Kier alpha value is -2.05. The molecule has 3 rings (SSSR count). The van der Waals surface area contributed by atoms with Crippen LogP contribution in [-0.4, -0.2) is 42.8 Å². The van der Waals surface area contributed by atoms with Crippen LogP contribution < -0.4 is 9.47 Å². The summed E-state index contributed by atoms with van der Waals surface area (Å²) in [5.74, 6) is 0.0455. The zero-order chi connectivity index (χ0) is 16.2. The van der Waals surface area contributed by atoms with Gasteiger partial charge in [-0.2, -0.15) is 0 Å². The second-order valence-corrected chi connectivity index (χ2v) is 6.42. The molecule has 2 heterocycles. The average molecular weight is 333 g/mol. The number of carboxylic acids is 1. The van der Waals surface area contributed by atoms with E-state index in [1.807, 2.05) is 11.3 Å². The highest BCUT2D eigenvalue weighted by molar-refractivity contribution is 7.10. The number of nitrogens with zero attached hydrogens (tertiary/aromatic N) is 1. The number of aromatic carboxylic acids is 1. The third-order valence-electron chi connectivity index (χ3n) is 3.96. The third-order valence-corrected chi connectivity index (χ3v) is 4.99. The molecule has 0 unspecified atom stereocenters. The van der Waals surface area contributed by atoms with Crippen LogP contribution in [0.5, 0.6) is 11.5 Å². The summed E-state index contributed by atoms with van der Waals surface area (Å²) in [7, 11) is 1.51. The molecular formula is C17H19NO4S. The van der Waals surface area contributed by atoms with E-state index < -0.39 is 5.97 Å². The molecule has 0 radical (unpaired) electrons. The molecule has 2 aromatic rings. The Bertz CT molecular complexity index is 698. The van der Waals surface area contributed by atoms with Crippen molar-refractivity contribution in [2.75, 3.05) is 26.8 Å². The van der Waals surface area contributed by atoms with Crippen LogP contribution in [-0.2, 0) is 13.0 Å². The molecule has 1 aromatic carbocycles. The molecule has 6 heteroatoms. The number of benzene rings is 1. The molecule has 5 nitrogen and oxygen atoms in total. The van der Waals surface area contributed by atoms with Gasteiger partial charge in [0.15, 0.2) is 11.5 Å². The SMILES string of the molecule is COc1cc(C(=O)O)ccc1OCCN1CCc2sccc2C1. The van der Waals surface area contributed by atoms with Crippen molar-refractivity contribution < 1.29 is 19.4 Å². The second-order valence-electron chi connectivity index (χ2n) is 5.41. The van der Waals surface area contributed by atoms with Crippen LogP contribution in [0.2, 0.25) is 0 Å². The summed E-state index contributed by atoms with van der Waals surface area (Å²) in [4.78, 5) is 14.8. The van der Waals surface area contributed by atoms with Gasteiger partial charge in [-0.05, 0) is 41.6 Å². The van der Waals surface area contributed by atoms with Gasteiger partial charge in [0.1, 0.15) is 6.61 Å². The number of ether oxygens (including phenoxy) is 2. The molecule has 0 aliphatic carbocycles. The Labute approximate surface area is 139 Å². The number of carbonyl (C=O) groups is 1. The first kappa shape index (κ1) is 15.8. The summed E-state index contributed by atoms with van der Waals surface area (Å²) in [6.07, 6.45) is 1.10. The number of carboxylic acid groups (broad SMARTS) is 1. The predicted octanol–water partition coefficient (Wildman–Crippen LogP) is 2.89. The summed E-state index contributed by atoms with van der Waals surface area (Å²) in [6, 6.07) is 6.85. The number of hydrogen-bond donors (Lipinski definition) is 1. The smallest absolute Gasteiger partial charge is 0.335 e. The van der Waals surface area contributed by atoms with E-state index >= 15 is 0 Å². The van der Waals surface area contributed by atoms with E-state index in [4.69, 9.17) is 14.6 Å². The summed E-state index contributed by atoms with van der Waals surface area (Å²) >= 11 is 1.83. The van der Waals surface area contributed by atoms with Gasteiger partial charge in [-0.3, -0.25) is 4.90 Å². The monoisotopic (exact) mass is 333 g/mol. The van der Waals surface area contributed by atoms with E-state index in [0.717, 1.165) is 26.1 Å². The molecule has 1 aromatic heterocycles. The van der Waals surface area contributed by atoms with Gasteiger partial charge in [-0.25, -0.2) is 4.79 Å². The number of rotatable bonds is 6. The molecule has 0 amide bonds. The number of methoxy groups -OCH3 is 1. The summed E-state index contributed by atoms with van der Waals surface area (Å²) in [6.45, 7) is 3.39. The van der Waals surface area contributed by atoms with Crippen LogP contribution in [0.25, 0.3) is 0 Å². The molecule has 0 atom stereocenters. The Morgan fingerprint density at radius 2 is 2.22 bits per heavy atom. The Morgan fingerprint density at radius 3 is 3.00 bits per heavy atom. The highest BCUT2D eigenvalue weighted by atomic mass is 32.1. The van der Waals surface area contributed by atoms with Crippen molar-refractivity contribution in [1.29, 1.82) is 0 Å². The van der Waals surface area contributed by atoms with Gasteiger partial charge in [0, 0.05) is 24.5 Å². The number of hydrogen-bond acceptors (Lipinski definition) is 5. The minimum Gasteiger partial charge on any atom is -0.493 e. The van der Waals surface area contributed by atoms with E-state index in [1.54, 1.807) is 6.07 Å². The van der Waals surface area contributed by atoms with Crippen molar-refractivity contribution in [3.8, 4) is 11.5 Å². The summed E-state index contributed by atoms with van der Waals surface area (Å²) in [5, 5.41) is 11.2. The fraction of sp³-hybridized carbons (Fsp3) is 0.353. The lowest BCUT2D eigenvalue weighted by Gasteiger charge is -2.26. The van der Waals surface area contributed by atoms with E-state index in [-0.39, 0.29) is 5.56 Å². The maximum atomic E-state index is 11.0. The zero-order valence-electron chi connectivity index (χ0n) is 12.9. The van der Waals surface area contributed by atoms with Crippen molar-refractivity contribution in [3.63, 3.8) is 0 Å². The lowest BCUT2D eigenvalue weighted by atomic mass is 10.1. The van der Waals surface area contributed by atoms with Crippen molar-refractivity contribution >= 4 is 17.3 Å². The minimum absolute atomic E-state index is 0.190. The Kier molecular flexibility index (Phi) is 4.83. The van der Waals surface area contributed by atoms with Crippen molar-refractivity contribution in [2.24, 2.45) is 0 Å². The first-order valence-corrected chi connectivity index (χ1v) is 8.37. The molecule has 1 N–H and O–H groups in total. The van der Waals surface area contributed by atoms with E-state index in [2.05, 4.69) is 16.3 Å². The Morgan fingerprint density at radius 1 is 1.35 bits per heavy atom. The fourth-order valence-corrected chi connectivity index (χ4v) is 3.59. The fourth-order valence-electron chi connectivity index (χ4n) is 2.70. The van der Waals surface area contributed by atoms with E-state index in [0.29, 0.717) is 18.1 Å². The molecule has 1 aliphatic heterocycles. The molecule has 0 spiro atoms. The molecule has 1 aliphatic rings. The molecule has 0 saturated carbocycles. The van der Waals surface area contributed by atoms with E-state index in [1.165, 1.54) is 29.7 Å². The van der Waals surface area contributed by atoms with E-state index in [9.17, 15) is 4.79 Å². The van der Waals surface area contributed by atoms with Crippen molar-refractivity contribution in [1.82, 2.24) is 4.90 Å². The topological polar surface area (TPSA) is 59.0 Å². The lowest BCUT2D eigenvalue weighted by Crippen LogP contribution is -2.33. The minimum atomic E-state index is -0.977. The molecule has 0 fully saturated rings. The maximum absolute atomic E-state index is 11.0. The number of thiophene rings is 1. The molecule has 122 valence electrons. The average Bonchev–Trinajstić information content (AvgIpc) is 3.02.